The third-order valence-electron chi connectivity index (χ3n) is 5.07. The molecule has 2 aromatic rings. The van der Waals surface area contributed by atoms with Crippen LogP contribution in [0, 0.1) is 5.92 Å². The number of hydrogen-bond acceptors (Lipinski definition) is 4. The molecule has 4 nitrogen and oxygen atoms in total. The highest BCUT2D eigenvalue weighted by atomic mass is 32.2. The highest BCUT2D eigenvalue weighted by molar-refractivity contribution is 7.99. The van der Waals surface area contributed by atoms with Gasteiger partial charge in [0.1, 0.15) is 0 Å². The van der Waals surface area contributed by atoms with Crippen molar-refractivity contribution in [1.29, 1.82) is 0 Å². The van der Waals surface area contributed by atoms with Gasteiger partial charge in [-0.2, -0.15) is 13.2 Å². The number of rotatable bonds is 2. The van der Waals surface area contributed by atoms with E-state index >= 15 is 0 Å². The highest BCUT2D eigenvalue weighted by Crippen LogP contribution is 2.49. The van der Waals surface area contributed by atoms with E-state index in [2.05, 4.69) is 10.6 Å². The van der Waals surface area contributed by atoms with Gasteiger partial charge in [-0.3, -0.25) is 4.79 Å². The van der Waals surface area contributed by atoms with Gasteiger partial charge in [0.05, 0.1) is 28.7 Å². The van der Waals surface area contributed by atoms with Gasteiger partial charge in [0.2, 0.25) is 5.91 Å². The van der Waals surface area contributed by atoms with Crippen molar-refractivity contribution in [3.63, 3.8) is 0 Å². The van der Waals surface area contributed by atoms with Crippen molar-refractivity contribution in [3.8, 4) is 0 Å². The van der Waals surface area contributed by atoms with Crippen molar-refractivity contribution in [1.82, 2.24) is 0 Å². The Morgan fingerprint density at radius 2 is 1.96 bits per heavy atom. The summed E-state index contributed by atoms with van der Waals surface area (Å²) in [4.78, 5) is 13.9. The number of para-hydroxylation sites is 1. The first-order valence-corrected chi connectivity index (χ1v) is 9.91. The molecule has 4 rings (SSSR count). The number of alkyl halides is 3. The fraction of sp³-hybridized carbons (Fsp3) is 0.350. The largest absolute Gasteiger partial charge is 0.416 e. The first kappa shape index (κ1) is 19.1. The van der Waals surface area contributed by atoms with Gasteiger partial charge in [0.15, 0.2) is 0 Å². The van der Waals surface area contributed by atoms with Gasteiger partial charge < -0.3 is 15.7 Å². The molecule has 1 saturated carbocycles. The number of aliphatic hydroxyl groups excluding tert-OH is 1. The molecule has 1 aliphatic heterocycles. The lowest BCUT2D eigenvalue weighted by atomic mass is 9.86. The summed E-state index contributed by atoms with van der Waals surface area (Å²) in [5.74, 6) is -0.761. The number of aliphatic hydroxyl groups is 1. The Labute approximate surface area is 164 Å². The molecule has 1 fully saturated rings. The van der Waals surface area contributed by atoms with Crippen LogP contribution in [0.2, 0.25) is 0 Å². The Morgan fingerprint density at radius 3 is 2.71 bits per heavy atom. The minimum atomic E-state index is -4.52. The second-order valence-corrected chi connectivity index (χ2v) is 8.21. The predicted octanol–water partition coefficient (Wildman–Crippen LogP) is 5.40. The second kappa shape index (κ2) is 7.33. The molecule has 2 atom stereocenters. The van der Waals surface area contributed by atoms with Gasteiger partial charge in [0.25, 0.3) is 0 Å². The lowest BCUT2D eigenvalue weighted by molar-refractivity contribution is -0.137. The van der Waals surface area contributed by atoms with Crippen LogP contribution in [0.1, 0.15) is 31.2 Å². The van der Waals surface area contributed by atoms with E-state index in [0.29, 0.717) is 29.8 Å². The number of amides is 1. The normalized spacial score (nSPS) is 21.3. The number of nitrogens with one attached hydrogen (secondary N) is 2. The summed E-state index contributed by atoms with van der Waals surface area (Å²) in [6.45, 7) is 0. The lowest BCUT2D eigenvalue weighted by Crippen LogP contribution is -2.30. The van der Waals surface area contributed by atoms with Crippen molar-refractivity contribution < 1.29 is 23.1 Å². The van der Waals surface area contributed by atoms with Crippen LogP contribution < -0.4 is 10.6 Å². The number of halogens is 3. The van der Waals surface area contributed by atoms with Crippen molar-refractivity contribution >= 4 is 34.7 Å². The minimum absolute atomic E-state index is 0.108. The molecule has 28 heavy (non-hydrogen) atoms. The number of anilines is 3. The lowest BCUT2D eigenvalue weighted by Gasteiger charge is -2.27. The maximum atomic E-state index is 13.4. The van der Waals surface area contributed by atoms with E-state index in [1.165, 1.54) is 11.8 Å². The average molecular weight is 408 g/mol. The van der Waals surface area contributed by atoms with E-state index in [1.54, 1.807) is 0 Å². The Morgan fingerprint density at radius 1 is 1.18 bits per heavy atom. The van der Waals surface area contributed by atoms with Crippen LogP contribution in [-0.4, -0.2) is 17.1 Å². The van der Waals surface area contributed by atoms with Crippen LogP contribution in [0.5, 0.6) is 0 Å². The van der Waals surface area contributed by atoms with Gasteiger partial charge in [-0.15, -0.1) is 0 Å². The molecule has 0 aromatic heterocycles. The molecule has 0 radical (unpaired) electrons. The molecular formula is C20H19F3N2O2S. The van der Waals surface area contributed by atoms with Crippen molar-refractivity contribution in [2.24, 2.45) is 5.92 Å². The van der Waals surface area contributed by atoms with Gasteiger partial charge in [-0.05, 0) is 43.5 Å². The molecule has 0 bridgehead atoms. The van der Waals surface area contributed by atoms with E-state index < -0.39 is 23.8 Å². The summed E-state index contributed by atoms with van der Waals surface area (Å²) in [5.41, 5.74) is 0.542. The van der Waals surface area contributed by atoms with E-state index in [-0.39, 0.29) is 11.6 Å². The summed E-state index contributed by atoms with van der Waals surface area (Å²) in [6, 6.07) is 9.40. The molecular weight excluding hydrogens is 389 g/mol. The fourth-order valence-electron chi connectivity index (χ4n) is 3.64. The smallest absolute Gasteiger partial charge is 0.393 e. The Balaban J connectivity index is 1.69. The molecule has 148 valence electrons. The molecule has 0 saturated heterocycles. The molecule has 3 N–H and O–H groups in total. The number of fused-ring (bicyclic) bond motifs is 2. The first-order chi connectivity index (χ1) is 13.3. The molecule has 8 heteroatoms. The minimum Gasteiger partial charge on any atom is -0.393 e. The quantitative estimate of drug-likeness (QED) is 0.531. The molecule has 2 aliphatic rings. The van der Waals surface area contributed by atoms with E-state index in [9.17, 15) is 23.1 Å². The van der Waals surface area contributed by atoms with E-state index in [4.69, 9.17) is 0 Å². The van der Waals surface area contributed by atoms with Crippen LogP contribution in [-0.2, 0) is 11.0 Å². The zero-order valence-electron chi connectivity index (χ0n) is 14.8. The molecule has 1 aliphatic carbocycles. The fourth-order valence-corrected chi connectivity index (χ4v) is 4.70. The van der Waals surface area contributed by atoms with Crippen LogP contribution in [0.4, 0.5) is 30.2 Å². The van der Waals surface area contributed by atoms with Gasteiger partial charge in [-0.25, -0.2) is 0 Å². The topological polar surface area (TPSA) is 61.4 Å². The molecule has 1 amide bonds. The summed E-state index contributed by atoms with van der Waals surface area (Å²) in [6.07, 6.45) is -2.74. The number of carbonyl (C=O) groups excluding carboxylic acids is 1. The first-order valence-electron chi connectivity index (χ1n) is 9.09. The maximum absolute atomic E-state index is 13.4. The third kappa shape index (κ3) is 3.84. The highest BCUT2D eigenvalue weighted by Gasteiger charge is 2.34. The van der Waals surface area contributed by atoms with Crippen LogP contribution >= 0.6 is 11.8 Å². The summed E-state index contributed by atoms with van der Waals surface area (Å²) in [5, 5.41) is 15.6. The Bertz CT molecular complexity index is 917. The number of carbonyl (C=O) groups is 1. The zero-order chi connectivity index (χ0) is 19.9. The molecule has 0 spiro atoms. The zero-order valence-corrected chi connectivity index (χ0v) is 15.7. The molecule has 1 heterocycles. The van der Waals surface area contributed by atoms with E-state index in [0.717, 1.165) is 29.1 Å². The summed E-state index contributed by atoms with van der Waals surface area (Å²) < 4.78 is 40.2. The predicted molar refractivity (Wildman–Crippen MR) is 102 cm³/mol. The maximum Gasteiger partial charge on any atom is 0.416 e. The molecule has 2 aromatic carbocycles. The number of benzene rings is 2. The molecule has 2 unspecified atom stereocenters. The van der Waals surface area contributed by atoms with Gasteiger partial charge >= 0.3 is 6.18 Å². The second-order valence-electron chi connectivity index (χ2n) is 7.12. The third-order valence-corrected chi connectivity index (χ3v) is 6.19. The monoisotopic (exact) mass is 408 g/mol. The van der Waals surface area contributed by atoms with Crippen molar-refractivity contribution in [2.45, 2.75) is 47.8 Å². The van der Waals surface area contributed by atoms with Gasteiger partial charge in [0, 0.05) is 15.7 Å². The van der Waals surface area contributed by atoms with Crippen LogP contribution in [0.3, 0.4) is 0 Å². The van der Waals surface area contributed by atoms with E-state index in [1.807, 2.05) is 24.3 Å². The van der Waals surface area contributed by atoms with Gasteiger partial charge in [-0.1, -0.05) is 30.3 Å². The standard InChI is InChI=1S/C20H19F3N2O2S/c21-20(22,23)12-9-15(25-19(27)11-4-3-5-13(26)8-11)18-17(10-12)28-16-7-2-1-6-14(16)24-18/h1-2,6-7,9-11,13,24,26H,3-5,8H2,(H,25,27). The Hall–Kier alpha value is -2.19. The van der Waals surface area contributed by atoms with Crippen molar-refractivity contribution in [2.75, 3.05) is 10.6 Å². The number of hydrogen-bond donors (Lipinski definition) is 3. The Kier molecular flexibility index (Phi) is 5.01. The van der Waals surface area contributed by atoms with Crippen LogP contribution in [0.15, 0.2) is 46.2 Å². The van der Waals surface area contributed by atoms with Crippen molar-refractivity contribution in [3.05, 3.63) is 42.0 Å². The van der Waals surface area contributed by atoms with Crippen LogP contribution in [0.25, 0.3) is 0 Å². The average Bonchev–Trinajstić information content (AvgIpc) is 2.65. The summed E-state index contributed by atoms with van der Waals surface area (Å²) >= 11 is 1.24. The summed E-state index contributed by atoms with van der Waals surface area (Å²) in [7, 11) is 0. The SMILES string of the molecule is O=C(Nc1cc(C(F)(F)F)cc2c1Nc1ccccc1S2)C1CCCC(O)C1.